The van der Waals surface area contributed by atoms with Crippen LogP contribution in [0.15, 0.2) is 84.9 Å². The molecule has 3 aromatic rings. The first-order valence-electron chi connectivity index (χ1n) is 10.2. The number of fused-ring (bicyclic) bond motifs is 1. The fourth-order valence-electron chi connectivity index (χ4n) is 3.60. The first-order valence-corrected chi connectivity index (χ1v) is 10.2. The van der Waals surface area contributed by atoms with Crippen molar-refractivity contribution in [3.05, 3.63) is 107 Å². The third-order valence-corrected chi connectivity index (χ3v) is 5.28. The van der Waals surface area contributed by atoms with E-state index in [0.29, 0.717) is 24.1 Å². The summed E-state index contributed by atoms with van der Waals surface area (Å²) in [6.07, 6.45) is 0.435. The number of carbonyl (C=O) groups excluding carboxylic acids is 3. The smallest absolute Gasteiger partial charge is 0.262 e. The Morgan fingerprint density at radius 3 is 1.84 bits per heavy atom. The van der Waals surface area contributed by atoms with Crippen LogP contribution in [0.1, 0.15) is 31.8 Å². The van der Waals surface area contributed by atoms with Crippen LogP contribution in [0.5, 0.6) is 0 Å². The van der Waals surface area contributed by atoms with E-state index in [1.807, 2.05) is 60.7 Å². The summed E-state index contributed by atoms with van der Waals surface area (Å²) in [6, 6.07) is 25.4. The second kappa shape index (κ2) is 9.36. The van der Waals surface area contributed by atoms with E-state index < -0.39 is 6.04 Å². The predicted octanol–water partition coefficient (Wildman–Crippen LogP) is 2.76. The van der Waals surface area contributed by atoms with Crippen molar-refractivity contribution in [2.75, 3.05) is 6.67 Å². The molecule has 0 bridgehead atoms. The Morgan fingerprint density at radius 1 is 0.742 bits per heavy atom. The standard InChI is InChI=1S/C25H23N3O3/c29-23(26-16-19-11-5-2-6-12-19)22(15-18-9-3-1-4-10-18)27-17-28-24(30)20-13-7-8-14-21(20)25(28)31/h1-14,22,27H,15-17H2,(H,26,29)/t22-/m0/s1. The van der Waals surface area contributed by atoms with Gasteiger partial charge < -0.3 is 5.32 Å². The van der Waals surface area contributed by atoms with Gasteiger partial charge in [-0.1, -0.05) is 72.8 Å². The minimum Gasteiger partial charge on any atom is -0.351 e. The molecule has 0 fully saturated rings. The van der Waals surface area contributed by atoms with Gasteiger partial charge in [-0.15, -0.1) is 0 Å². The van der Waals surface area contributed by atoms with Crippen LogP contribution in [0.2, 0.25) is 0 Å². The number of hydrogen-bond donors (Lipinski definition) is 2. The third-order valence-electron chi connectivity index (χ3n) is 5.28. The molecule has 3 amide bonds. The fraction of sp³-hybridized carbons (Fsp3) is 0.160. The topological polar surface area (TPSA) is 78.5 Å². The van der Waals surface area contributed by atoms with Gasteiger partial charge in [-0.05, 0) is 29.7 Å². The molecule has 0 aliphatic carbocycles. The number of benzene rings is 3. The average Bonchev–Trinajstić information content (AvgIpc) is 3.06. The number of imide groups is 1. The van der Waals surface area contributed by atoms with Gasteiger partial charge in [0, 0.05) is 6.54 Å². The third kappa shape index (κ3) is 4.70. The van der Waals surface area contributed by atoms with Crippen molar-refractivity contribution >= 4 is 17.7 Å². The molecule has 1 aliphatic rings. The monoisotopic (exact) mass is 413 g/mol. The van der Waals surface area contributed by atoms with Gasteiger partial charge in [-0.2, -0.15) is 0 Å². The summed E-state index contributed by atoms with van der Waals surface area (Å²) in [5.74, 6) is -0.892. The molecule has 0 saturated carbocycles. The van der Waals surface area contributed by atoms with Gasteiger partial charge in [0.15, 0.2) is 0 Å². The molecule has 0 spiro atoms. The first-order chi connectivity index (χ1) is 15.1. The summed E-state index contributed by atoms with van der Waals surface area (Å²) in [4.78, 5) is 39.3. The quantitative estimate of drug-likeness (QED) is 0.557. The Bertz CT molecular complexity index is 1050. The van der Waals surface area contributed by atoms with Crippen molar-refractivity contribution in [2.45, 2.75) is 19.0 Å². The molecule has 1 aliphatic heterocycles. The molecular formula is C25H23N3O3. The lowest BCUT2D eigenvalue weighted by atomic mass is 10.1. The van der Waals surface area contributed by atoms with E-state index in [9.17, 15) is 14.4 Å². The summed E-state index contributed by atoms with van der Waals surface area (Å²) < 4.78 is 0. The maximum Gasteiger partial charge on any atom is 0.262 e. The van der Waals surface area contributed by atoms with Crippen molar-refractivity contribution in [1.82, 2.24) is 15.5 Å². The second-order valence-electron chi connectivity index (χ2n) is 7.39. The Hall–Kier alpha value is -3.77. The number of amides is 3. The lowest BCUT2D eigenvalue weighted by molar-refractivity contribution is -0.123. The summed E-state index contributed by atoms with van der Waals surface area (Å²) >= 11 is 0. The van der Waals surface area contributed by atoms with Gasteiger partial charge in [0.1, 0.15) is 0 Å². The van der Waals surface area contributed by atoms with Crippen LogP contribution < -0.4 is 10.6 Å². The van der Waals surface area contributed by atoms with Crippen molar-refractivity contribution in [1.29, 1.82) is 0 Å². The van der Waals surface area contributed by atoms with Gasteiger partial charge in [0.25, 0.3) is 11.8 Å². The Morgan fingerprint density at radius 2 is 1.26 bits per heavy atom. The normalized spacial score (nSPS) is 13.7. The lowest BCUT2D eigenvalue weighted by Gasteiger charge is -2.22. The summed E-state index contributed by atoms with van der Waals surface area (Å²) in [5.41, 5.74) is 2.76. The molecular weight excluding hydrogens is 390 g/mol. The number of nitrogens with one attached hydrogen (secondary N) is 2. The van der Waals surface area contributed by atoms with Crippen LogP contribution in [-0.4, -0.2) is 35.3 Å². The molecule has 0 unspecified atom stereocenters. The van der Waals surface area contributed by atoms with Gasteiger partial charge in [0.05, 0.1) is 23.8 Å². The van der Waals surface area contributed by atoms with Gasteiger partial charge in [-0.3, -0.25) is 24.6 Å². The fourth-order valence-corrected chi connectivity index (χ4v) is 3.60. The van der Waals surface area contributed by atoms with Gasteiger partial charge >= 0.3 is 0 Å². The summed E-state index contributed by atoms with van der Waals surface area (Å²) in [5, 5.41) is 6.06. The van der Waals surface area contributed by atoms with E-state index in [1.54, 1.807) is 24.3 Å². The van der Waals surface area contributed by atoms with Crippen LogP contribution >= 0.6 is 0 Å². The molecule has 0 saturated heterocycles. The van der Waals surface area contributed by atoms with Crippen molar-refractivity contribution in [3.63, 3.8) is 0 Å². The molecule has 0 radical (unpaired) electrons. The number of hydrogen-bond acceptors (Lipinski definition) is 4. The van der Waals surface area contributed by atoms with Crippen molar-refractivity contribution < 1.29 is 14.4 Å². The van der Waals surface area contributed by atoms with Crippen LogP contribution in [0.3, 0.4) is 0 Å². The average molecular weight is 413 g/mol. The highest BCUT2D eigenvalue weighted by molar-refractivity contribution is 6.21. The highest BCUT2D eigenvalue weighted by Gasteiger charge is 2.35. The van der Waals surface area contributed by atoms with E-state index in [4.69, 9.17) is 0 Å². The van der Waals surface area contributed by atoms with Crippen molar-refractivity contribution in [3.8, 4) is 0 Å². The van der Waals surface area contributed by atoms with Crippen molar-refractivity contribution in [2.24, 2.45) is 0 Å². The minimum absolute atomic E-state index is 0.0391. The van der Waals surface area contributed by atoms with Gasteiger partial charge in [-0.25, -0.2) is 0 Å². The van der Waals surface area contributed by atoms with Crippen LogP contribution in [0, 0.1) is 0 Å². The number of nitrogens with zero attached hydrogens (tertiary/aromatic N) is 1. The maximum atomic E-state index is 12.9. The number of carbonyl (C=O) groups is 3. The van der Waals surface area contributed by atoms with E-state index >= 15 is 0 Å². The zero-order chi connectivity index (χ0) is 21.6. The van der Waals surface area contributed by atoms with Crippen LogP contribution in [0.25, 0.3) is 0 Å². The van der Waals surface area contributed by atoms with E-state index in [-0.39, 0.29) is 24.4 Å². The molecule has 31 heavy (non-hydrogen) atoms. The Kier molecular flexibility index (Phi) is 6.19. The van der Waals surface area contributed by atoms with Crippen LogP contribution in [-0.2, 0) is 17.8 Å². The molecule has 6 nitrogen and oxygen atoms in total. The SMILES string of the molecule is O=C(NCc1ccccc1)[C@H](Cc1ccccc1)NCN1C(=O)c2ccccc2C1=O. The van der Waals surface area contributed by atoms with E-state index in [2.05, 4.69) is 10.6 Å². The molecule has 1 heterocycles. The number of rotatable bonds is 8. The van der Waals surface area contributed by atoms with Crippen LogP contribution in [0.4, 0.5) is 0 Å². The summed E-state index contributed by atoms with van der Waals surface area (Å²) in [6.45, 7) is 0.363. The zero-order valence-electron chi connectivity index (χ0n) is 17.0. The highest BCUT2D eigenvalue weighted by atomic mass is 16.2. The second-order valence-corrected chi connectivity index (χ2v) is 7.39. The Balaban J connectivity index is 1.45. The molecule has 1 atom stereocenters. The molecule has 0 aromatic heterocycles. The molecule has 4 rings (SSSR count). The maximum absolute atomic E-state index is 12.9. The van der Waals surface area contributed by atoms with Gasteiger partial charge in [0.2, 0.25) is 5.91 Å². The molecule has 3 aromatic carbocycles. The molecule has 156 valence electrons. The molecule has 2 N–H and O–H groups in total. The largest absolute Gasteiger partial charge is 0.351 e. The Labute approximate surface area is 180 Å². The first kappa shape index (κ1) is 20.5. The van der Waals surface area contributed by atoms with E-state index in [1.165, 1.54) is 0 Å². The lowest BCUT2D eigenvalue weighted by Crippen LogP contribution is -2.50. The summed E-state index contributed by atoms with van der Waals surface area (Å²) in [7, 11) is 0. The highest BCUT2D eigenvalue weighted by Crippen LogP contribution is 2.21. The van der Waals surface area contributed by atoms with E-state index in [0.717, 1.165) is 16.0 Å². The predicted molar refractivity (Wildman–Crippen MR) is 117 cm³/mol. The minimum atomic E-state index is -0.601. The molecule has 6 heteroatoms. The zero-order valence-corrected chi connectivity index (χ0v) is 17.0.